The maximum atomic E-state index is 5.35. The number of hydrogen-bond donors (Lipinski definition) is 0. The normalized spacial score (nSPS) is 10.8. The van der Waals surface area contributed by atoms with Crippen LogP contribution in [0.4, 0.5) is 0 Å². The first kappa shape index (κ1) is 11.2. The van der Waals surface area contributed by atoms with E-state index in [-0.39, 0.29) is 0 Å². The highest BCUT2D eigenvalue weighted by Gasteiger charge is 2.08. The lowest BCUT2D eigenvalue weighted by molar-refractivity contribution is 0.416. The van der Waals surface area contributed by atoms with Gasteiger partial charge in [0.2, 0.25) is 0 Å². The number of halogens is 1. The number of imidazole rings is 1. The lowest BCUT2D eigenvalue weighted by Gasteiger charge is -2.07. The highest BCUT2D eigenvalue weighted by Crippen LogP contribution is 2.28. The standard InChI is InChI=1S/C13H10BrN3O/c1-18-11-5-3-2-4-9(11)10-8-17-12(14)6-16-13(17)7-15-10/h2-8H,1H3. The fourth-order valence-electron chi connectivity index (χ4n) is 1.85. The molecule has 0 saturated heterocycles. The van der Waals surface area contributed by atoms with Gasteiger partial charge < -0.3 is 4.74 Å². The first-order chi connectivity index (χ1) is 8.79. The van der Waals surface area contributed by atoms with Gasteiger partial charge in [-0.05, 0) is 28.1 Å². The van der Waals surface area contributed by atoms with Crippen molar-refractivity contribution < 1.29 is 4.74 Å². The number of benzene rings is 1. The van der Waals surface area contributed by atoms with E-state index in [1.54, 1.807) is 19.5 Å². The maximum Gasteiger partial charge on any atom is 0.156 e. The van der Waals surface area contributed by atoms with Crippen LogP contribution in [0.1, 0.15) is 0 Å². The summed E-state index contributed by atoms with van der Waals surface area (Å²) in [5, 5.41) is 0. The van der Waals surface area contributed by atoms with Gasteiger partial charge in [0.1, 0.15) is 10.4 Å². The van der Waals surface area contributed by atoms with Gasteiger partial charge in [-0.3, -0.25) is 9.38 Å². The average molecular weight is 304 g/mol. The molecule has 4 nitrogen and oxygen atoms in total. The van der Waals surface area contributed by atoms with Gasteiger partial charge in [-0.2, -0.15) is 0 Å². The summed E-state index contributed by atoms with van der Waals surface area (Å²) in [6.07, 6.45) is 5.43. The number of nitrogens with zero attached hydrogens (tertiary/aromatic N) is 3. The molecule has 3 rings (SSSR count). The number of ether oxygens (including phenoxy) is 1. The van der Waals surface area contributed by atoms with Gasteiger partial charge in [0.15, 0.2) is 5.65 Å². The van der Waals surface area contributed by atoms with Crippen molar-refractivity contribution in [3.05, 3.63) is 47.5 Å². The van der Waals surface area contributed by atoms with Crippen molar-refractivity contribution >= 4 is 21.6 Å². The molecule has 0 bridgehead atoms. The summed E-state index contributed by atoms with van der Waals surface area (Å²) in [7, 11) is 1.66. The Kier molecular flexibility index (Phi) is 2.76. The molecule has 90 valence electrons. The Morgan fingerprint density at radius 3 is 2.83 bits per heavy atom. The monoisotopic (exact) mass is 303 g/mol. The molecule has 0 N–H and O–H groups in total. The van der Waals surface area contributed by atoms with E-state index >= 15 is 0 Å². The van der Waals surface area contributed by atoms with Crippen LogP contribution in [0.5, 0.6) is 5.75 Å². The number of methoxy groups -OCH3 is 1. The third kappa shape index (κ3) is 1.76. The fourth-order valence-corrected chi connectivity index (χ4v) is 2.24. The molecule has 1 aromatic carbocycles. The number of fused-ring (bicyclic) bond motifs is 1. The summed E-state index contributed by atoms with van der Waals surface area (Å²) in [5.41, 5.74) is 2.61. The smallest absolute Gasteiger partial charge is 0.156 e. The van der Waals surface area contributed by atoms with Gasteiger partial charge in [0.05, 0.1) is 25.2 Å². The Morgan fingerprint density at radius 2 is 2.00 bits per heavy atom. The zero-order chi connectivity index (χ0) is 12.5. The maximum absolute atomic E-state index is 5.35. The largest absolute Gasteiger partial charge is 0.496 e. The topological polar surface area (TPSA) is 39.4 Å². The summed E-state index contributed by atoms with van der Waals surface area (Å²) in [5.74, 6) is 0.806. The molecule has 0 fully saturated rings. The van der Waals surface area contributed by atoms with Crippen molar-refractivity contribution in [3.63, 3.8) is 0 Å². The second-order valence-electron chi connectivity index (χ2n) is 3.78. The third-order valence-corrected chi connectivity index (χ3v) is 3.32. The summed E-state index contributed by atoms with van der Waals surface area (Å²) >= 11 is 3.45. The number of hydrogen-bond acceptors (Lipinski definition) is 3. The highest BCUT2D eigenvalue weighted by atomic mass is 79.9. The van der Waals surface area contributed by atoms with Crippen LogP contribution in [-0.4, -0.2) is 21.5 Å². The lowest BCUT2D eigenvalue weighted by Crippen LogP contribution is -1.93. The Morgan fingerprint density at radius 1 is 1.17 bits per heavy atom. The molecule has 2 aromatic heterocycles. The van der Waals surface area contributed by atoms with Crippen molar-refractivity contribution in [3.8, 4) is 17.0 Å². The van der Waals surface area contributed by atoms with E-state index in [4.69, 9.17) is 4.74 Å². The molecule has 18 heavy (non-hydrogen) atoms. The van der Waals surface area contributed by atoms with E-state index in [9.17, 15) is 0 Å². The van der Waals surface area contributed by atoms with E-state index < -0.39 is 0 Å². The molecular weight excluding hydrogens is 294 g/mol. The summed E-state index contributed by atoms with van der Waals surface area (Å²) in [4.78, 5) is 8.63. The van der Waals surface area contributed by atoms with Crippen molar-refractivity contribution in [2.24, 2.45) is 0 Å². The Bertz CT molecular complexity index is 708. The van der Waals surface area contributed by atoms with Gasteiger partial charge >= 0.3 is 0 Å². The van der Waals surface area contributed by atoms with Crippen LogP contribution in [-0.2, 0) is 0 Å². The average Bonchev–Trinajstić information content (AvgIpc) is 2.80. The molecule has 3 aromatic rings. The second-order valence-corrected chi connectivity index (χ2v) is 4.59. The molecule has 0 spiro atoms. The zero-order valence-electron chi connectivity index (χ0n) is 9.67. The zero-order valence-corrected chi connectivity index (χ0v) is 11.3. The summed E-state index contributed by atoms with van der Waals surface area (Å²) in [6, 6.07) is 7.81. The van der Waals surface area contributed by atoms with E-state index in [0.717, 1.165) is 27.3 Å². The van der Waals surface area contributed by atoms with Crippen LogP contribution in [0.25, 0.3) is 16.9 Å². The van der Waals surface area contributed by atoms with E-state index in [0.29, 0.717) is 0 Å². The Balaban J connectivity index is 2.21. The van der Waals surface area contributed by atoms with Gasteiger partial charge in [-0.1, -0.05) is 12.1 Å². The SMILES string of the molecule is COc1ccccc1-c1cn2c(Br)cnc2cn1. The van der Waals surface area contributed by atoms with Crippen LogP contribution in [0.15, 0.2) is 47.5 Å². The van der Waals surface area contributed by atoms with Gasteiger partial charge in [-0.15, -0.1) is 0 Å². The predicted octanol–water partition coefficient (Wildman–Crippen LogP) is 3.17. The summed E-state index contributed by atoms with van der Waals surface area (Å²) < 4.78 is 8.19. The van der Waals surface area contributed by atoms with Gasteiger partial charge in [-0.25, -0.2) is 4.98 Å². The first-order valence-corrected chi connectivity index (χ1v) is 6.21. The molecule has 5 heteroatoms. The molecular formula is C13H10BrN3O. The van der Waals surface area contributed by atoms with E-state index in [1.165, 1.54) is 0 Å². The third-order valence-electron chi connectivity index (χ3n) is 2.73. The molecule has 0 unspecified atom stereocenters. The molecule has 0 amide bonds. The van der Waals surface area contributed by atoms with Crippen LogP contribution in [0.2, 0.25) is 0 Å². The Labute approximate surface area is 112 Å². The molecule has 0 saturated carbocycles. The van der Waals surface area contributed by atoms with Crippen molar-refractivity contribution in [1.82, 2.24) is 14.4 Å². The quantitative estimate of drug-likeness (QED) is 0.730. The lowest BCUT2D eigenvalue weighted by atomic mass is 10.1. The van der Waals surface area contributed by atoms with E-state index in [1.807, 2.05) is 34.9 Å². The van der Waals surface area contributed by atoms with Crippen molar-refractivity contribution in [2.75, 3.05) is 7.11 Å². The number of aromatic nitrogens is 3. The van der Waals surface area contributed by atoms with Crippen LogP contribution >= 0.6 is 15.9 Å². The minimum Gasteiger partial charge on any atom is -0.496 e. The molecule has 2 heterocycles. The van der Waals surface area contributed by atoms with Crippen molar-refractivity contribution in [2.45, 2.75) is 0 Å². The van der Waals surface area contributed by atoms with Crippen LogP contribution in [0.3, 0.4) is 0 Å². The molecule has 0 aliphatic rings. The molecule has 0 atom stereocenters. The van der Waals surface area contributed by atoms with Crippen LogP contribution in [0, 0.1) is 0 Å². The molecule has 0 aliphatic carbocycles. The molecule has 0 aliphatic heterocycles. The van der Waals surface area contributed by atoms with Gasteiger partial charge in [0.25, 0.3) is 0 Å². The van der Waals surface area contributed by atoms with Crippen LogP contribution < -0.4 is 4.74 Å². The molecule has 0 radical (unpaired) electrons. The Hall–Kier alpha value is -1.88. The predicted molar refractivity (Wildman–Crippen MR) is 72.7 cm³/mol. The second kappa shape index (κ2) is 4.42. The minimum atomic E-state index is 0.806. The summed E-state index contributed by atoms with van der Waals surface area (Å²) in [6.45, 7) is 0. The fraction of sp³-hybridized carbons (Fsp3) is 0.0769. The minimum absolute atomic E-state index is 0.806. The number of rotatable bonds is 2. The highest BCUT2D eigenvalue weighted by molar-refractivity contribution is 9.10. The van der Waals surface area contributed by atoms with Gasteiger partial charge in [0, 0.05) is 11.8 Å². The van der Waals surface area contributed by atoms with E-state index in [2.05, 4.69) is 25.9 Å². The van der Waals surface area contributed by atoms with Crippen molar-refractivity contribution in [1.29, 1.82) is 0 Å². The number of para-hydroxylation sites is 1. The first-order valence-electron chi connectivity index (χ1n) is 5.41.